The number of imidazole rings is 1. The van der Waals surface area contributed by atoms with Crippen LogP contribution >= 0.6 is 0 Å². The zero-order chi connectivity index (χ0) is 12.5. The Morgan fingerprint density at radius 2 is 2.24 bits per heavy atom. The lowest BCUT2D eigenvalue weighted by Crippen LogP contribution is -2.35. The van der Waals surface area contributed by atoms with E-state index < -0.39 is 0 Å². The Balaban J connectivity index is 2.54. The normalized spacial score (nSPS) is 12.9. The number of hydrogen-bond acceptors (Lipinski definition) is 3. The van der Waals surface area contributed by atoms with Crippen LogP contribution in [0.2, 0.25) is 0 Å². The molecule has 4 nitrogen and oxygen atoms in total. The van der Waals surface area contributed by atoms with Crippen molar-refractivity contribution in [1.82, 2.24) is 14.9 Å². The van der Waals surface area contributed by atoms with E-state index in [0.717, 1.165) is 44.6 Å². The molecule has 17 heavy (non-hydrogen) atoms. The minimum atomic E-state index is 0.235. The van der Waals surface area contributed by atoms with Crippen LogP contribution in [-0.4, -0.2) is 33.9 Å². The molecule has 0 saturated heterocycles. The fourth-order valence-corrected chi connectivity index (χ4v) is 1.96. The monoisotopic (exact) mass is 239 g/mol. The van der Waals surface area contributed by atoms with Crippen molar-refractivity contribution in [2.45, 2.75) is 52.1 Å². The van der Waals surface area contributed by atoms with Gasteiger partial charge in [0.2, 0.25) is 0 Å². The van der Waals surface area contributed by atoms with Gasteiger partial charge in [-0.3, -0.25) is 0 Å². The number of aliphatic hydroxyl groups excluding tert-OH is 1. The van der Waals surface area contributed by atoms with Crippen LogP contribution in [0.1, 0.15) is 38.9 Å². The molecule has 1 atom stereocenters. The number of aliphatic hydroxyl groups is 1. The lowest BCUT2D eigenvalue weighted by molar-refractivity contribution is 0.256. The highest BCUT2D eigenvalue weighted by molar-refractivity contribution is 4.93. The van der Waals surface area contributed by atoms with Gasteiger partial charge >= 0.3 is 0 Å². The van der Waals surface area contributed by atoms with E-state index in [0.29, 0.717) is 6.04 Å². The van der Waals surface area contributed by atoms with Crippen molar-refractivity contribution in [2.24, 2.45) is 0 Å². The molecule has 1 aromatic rings. The maximum Gasteiger partial charge on any atom is 0.108 e. The van der Waals surface area contributed by atoms with Crippen LogP contribution in [0.25, 0.3) is 0 Å². The molecular formula is C13H25N3O. The van der Waals surface area contributed by atoms with Crippen LogP contribution in [0.5, 0.6) is 0 Å². The van der Waals surface area contributed by atoms with Crippen molar-refractivity contribution in [2.75, 3.05) is 13.2 Å². The van der Waals surface area contributed by atoms with Gasteiger partial charge in [-0.2, -0.15) is 0 Å². The number of aromatic nitrogens is 2. The van der Waals surface area contributed by atoms with Gasteiger partial charge in [0, 0.05) is 38.0 Å². The Labute approximate surface area is 104 Å². The second kappa shape index (κ2) is 8.25. The largest absolute Gasteiger partial charge is 0.396 e. The summed E-state index contributed by atoms with van der Waals surface area (Å²) in [5.41, 5.74) is 0. The van der Waals surface area contributed by atoms with Gasteiger partial charge in [0.05, 0.1) is 0 Å². The maximum absolute atomic E-state index is 9.07. The van der Waals surface area contributed by atoms with Gasteiger partial charge in [0.1, 0.15) is 5.82 Å². The molecule has 1 unspecified atom stereocenters. The summed E-state index contributed by atoms with van der Waals surface area (Å²) in [4.78, 5) is 4.37. The first-order valence-corrected chi connectivity index (χ1v) is 6.66. The van der Waals surface area contributed by atoms with Gasteiger partial charge in [-0.15, -0.1) is 0 Å². The molecule has 1 aromatic heterocycles. The third kappa shape index (κ3) is 4.88. The quantitative estimate of drug-likeness (QED) is 0.688. The Hall–Kier alpha value is -0.870. The van der Waals surface area contributed by atoms with Crippen molar-refractivity contribution < 1.29 is 5.11 Å². The van der Waals surface area contributed by atoms with Crippen LogP contribution in [-0.2, 0) is 13.0 Å². The fraction of sp³-hybridized carbons (Fsp3) is 0.769. The van der Waals surface area contributed by atoms with E-state index >= 15 is 0 Å². The fourth-order valence-electron chi connectivity index (χ4n) is 1.96. The second-order valence-electron chi connectivity index (χ2n) is 4.41. The average Bonchev–Trinajstić information content (AvgIpc) is 2.74. The van der Waals surface area contributed by atoms with Crippen molar-refractivity contribution in [3.05, 3.63) is 18.2 Å². The topological polar surface area (TPSA) is 50.1 Å². The van der Waals surface area contributed by atoms with E-state index in [2.05, 4.69) is 28.7 Å². The lowest BCUT2D eigenvalue weighted by atomic mass is 10.2. The molecule has 0 spiro atoms. The second-order valence-corrected chi connectivity index (χ2v) is 4.41. The van der Waals surface area contributed by atoms with Crippen LogP contribution in [0.3, 0.4) is 0 Å². The minimum absolute atomic E-state index is 0.235. The van der Waals surface area contributed by atoms with Gasteiger partial charge in [-0.25, -0.2) is 4.98 Å². The van der Waals surface area contributed by atoms with E-state index in [-0.39, 0.29) is 6.61 Å². The Morgan fingerprint density at radius 3 is 2.88 bits per heavy atom. The smallest absolute Gasteiger partial charge is 0.108 e. The van der Waals surface area contributed by atoms with Crippen molar-refractivity contribution in [3.63, 3.8) is 0 Å². The zero-order valence-electron chi connectivity index (χ0n) is 11.0. The molecule has 2 N–H and O–H groups in total. The minimum Gasteiger partial charge on any atom is -0.396 e. The summed E-state index contributed by atoms with van der Waals surface area (Å²) >= 11 is 0. The molecule has 0 aliphatic rings. The van der Waals surface area contributed by atoms with Gasteiger partial charge in [0.25, 0.3) is 0 Å². The molecule has 98 valence electrons. The summed E-state index contributed by atoms with van der Waals surface area (Å²) in [5, 5.41) is 12.5. The molecule has 4 heteroatoms. The molecular weight excluding hydrogens is 214 g/mol. The number of rotatable bonds is 9. The van der Waals surface area contributed by atoms with E-state index in [4.69, 9.17) is 5.11 Å². The molecule has 1 heterocycles. The summed E-state index contributed by atoms with van der Waals surface area (Å²) in [6.07, 6.45) is 7.94. The predicted octanol–water partition coefficient (Wildman–Crippen LogP) is 1.59. The number of nitrogens with zero attached hydrogens (tertiary/aromatic N) is 2. The van der Waals surface area contributed by atoms with Gasteiger partial charge in [-0.05, 0) is 25.8 Å². The summed E-state index contributed by atoms with van der Waals surface area (Å²) in [7, 11) is 0. The SMILES string of the molecule is CCCNC(CCO)Cn1ccnc1CCC. The Kier molecular flexibility index (Phi) is 6.89. The summed E-state index contributed by atoms with van der Waals surface area (Å²) in [6, 6.07) is 0.338. The summed E-state index contributed by atoms with van der Waals surface area (Å²) < 4.78 is 2.20. The highest BCUT2D eigenvalue weighted by Gasteiger charge is 2.10. The zero-order valence-corrected chi connectivity index (χ0v) is 11.0. The third-order valence-corrected chi connectivity index (χ3v) is 2.85. The first kappa shape index (κ1) is 14.2. The van der Waals surface area contributed by atoms with Crippen molar-refractivity contribution in [1.29, 1.82) is 0 Å². The summed E-state index contributed by atoms with van der Waals surface area (Å²) in [6.45, 7) is 6.46. The third-order valence-electron chi connectivity index (χ3n) is 2.85. The number of nitrogens with one attached hydrogen (secondary N) is 1. The Bertz CT molecular complexity index is 299. The van der Waals surface area contributed by atoms with Crippen molar-refractivity contribution in [3.8, 4) is 0 Å². The molecule has 0 bridgehead atoms. The van der Waals surface area contributed by atoms with Crippen molar-refractivity contribution >= 4 is 0 Å². The van der Waals surface area contributed by atoms with Gasteiger partial charge < -0.3 is 15.0 Å². The van der Waals surface area contributed by atoms with Crippen LogP contribution in [0.4, 0.5) is 0 Å². The molecule has 1 rings (SSSR count). The molecule has 0 saturated carbocycles. The number of aryl methyl sites for hydroxylation is 1. The lowest BCUT2D eigenvalue weighted by Gasteiger charge is -2.19. The predicted molar refractivity (Wildman–Crippen MR) is 70.0 cm³/mol. The van der Waals surface area contributed by atoms with E-state index in [1.807, 2.05) is 12.4 Å². The average molecular weight is 239 g/mol. The standard InChI is InChI=1S/C13H25N3O/c1-3-5-13-15-8-9-16(13)11-12(6-10-17)14-7-4-2/h8-9,12,14,17H,3-7,10-11H2,1-2H3. The van der Waals surface area contributed by atoms with E-state index in [1.54, 1.807) is 0 Å². The first-order chi connectivity index (χ1) is 8.31. The maximum atomic E-state index is 9.07. The van der Waals surface area contributed by atoms with Gasteiger partial charge in [-0.1, -0.05) is 13.8 Å². The van der Waals surface area contributed by atoms with Crippen LogP contribution < -0.4 is 5.32 Å². The molecule has 0 aromatic carbocycles. The highest BCUT2D eigenvalue weighted by atomic mass is 16.3. The highest BCUT2D eigenvalue weighted by Crippen LogP contribution is 2.05. The number of hydrogen-bond donors (Lipinski definition) is 2. The van der Waals surface area contributed by atoms with Crippen LogP contribution in [0.15, 0.2) is 12.4 Å². The van der Waals surface area contributed by atoms with E-state index in [1.165, 1.54) is 0 Å². The molecule has 0 aliphatic heterocycles. The van der Waals surface area contributed by atoms with E-state index in [9.17, 15) is 0 Å². The molecule has 0 fully saturated rings. The van der Waals surface area contributed by atoms with Gasteiger partial charge in [0.15, 0.2) is 0 Å². The summed E-state index contributed by atoms with van der Waals surface area (Å²) in [5.74, 6) is 1.15. The van der Waals surface area contributed by atoms with Crippen LogP contribution in [0, 0.1) is 0 Å². The Morgan fingerprint density at radius 1 is 1.41 bits per heavy atom. The first-order valence-electron chi connectivity index (χ1n) is 6.66. The molecule has 0 amide bonds. The molecule has 0 radical (unpaired) electrons. The molecule has 0 aliphatic carbocycles.